The Morgan fingerprint density at radius 1 is 1.17 bits per heavy atom. The number of thioether (sulfide) groups is 1. The molecule has 0 bridgehead atoms. The predicted octanol–water partition coefficient (Wildman–Crippen LogP) is 3.11. The van der Waals surface area contributed by atoms with Crippen LogP contribution in [-0.2, 0) is 0 Å². The first-order valence-corrected chi connectivity index (χ1v) is 4.97. The van der Waals surface area contributed by atoms with Crippen molar-refractivity contribution in [3.8, 4) is 0 Å². The average Bonchev–Trinajstić information content (AvgIpc) is 2.62. The van der Waals surface area contributed by atoms with Gasteiger partial charge < -0.3 is 0 Å². The molecule has 0 fully saturated rings. The molecule has 1 aromatic rings. The van der Waals surface area contributed by atoms with Crippen molar-refractivity contribution in [2.24, 2.45) is 0 Å². The number of hydrogen-bond acceptors (Lipinski definition) is 1. The minimum Gasteiger partial charge on any atom is -0.113 e. The number of allylic oxidation sites excluding steroid dienone is 2. The minimum atomic E-state index is 0.599. The predicted molar refractivity (Wildman–Crippen MR) is 53.2 cm³/mol. The van der Waals surface area contributed by atoms with E-state index in [1.54, 1.807) is 0 Å². The molecule has 0 nitrogen and oxygen atoms in total. The molecule has 0 saturated heterocycles. The van der Waals surface area contributed by atoms with Crippen LogP contribution >= 0.6 is 11.8 Å². The fourth-order valence-corrected chi connectivity index (χ4v) is 2.99. The van der Waals surface area contributed by atoms with Gasteiger partial charge in [-0.1, -0.05) is 36.4 Å². The lowest BCUT2D eigenvalue weighted by atomic mass is 10.1. The summed E-state index contributed by atoms with van der Waals surface area (Å²) in [5, 5.41) is 0.599. The van der Waals surface area contributed by atoms with Gasteiger partial charge in [-0.2, -0.15) is 0 Å². The van der Waals surface area contributed by atoms with Gasteiger partial charge >= 0.3 is 0 Å². The van der Waals surface area contributed by atoms with Gasteiger partial charge in [-0.3, -0.25) is 0 Å². The summed E-state index contributed by atoms with van der Waals surface area (Å²) < 4.78 is 0. The van der Waals surface area contributed by atoms with Gasteiger partial charge in [-0.25, -0.2) is 0 Å². The zero-order valence-corrected chi connectivity index (χ0v) is 7.34. The van der Waals surface area contributed by atoms with Gasteiger partial charge in [-0.15, -0.1) is 11.8 Å². The molecule has 1 heterocycles. The molecule has 1 heteroatoms. The highest BCUT2D eigenvalue weighted by Crippen LogP contribution is 2.47. The zero-order chi connectivity index (χ0) is 7.97. The Morgan fingerprint density at radius 3 is 3.08 bits per heavy atom. The third-order valence-corrected chi connectivity index (χ3v) is 3.60. The third kappa shape index (κ3) is 0.745. The lowest BCUT2D eigenvalue weighted by Gasteiger charge is -1.98. The number of rotatable bonds is 0. The molecule has 3 rings (SSSR count). The second-order valence-corrected chi connectivity index (χ2v) is 4.22. The van der Waals surface area contributed by atoms with Gasteiger partial charge in [0, 0.05) is 4.90 Å². The molecule has 0 N–H and O–H groups in total. The number of benzene rings is 1. The molecule has 1 unspecified atom stereocenters. The van der Waals surface area contributed by atoms with E-state index in [1.807, 2.05) is 11.8 Å². The smallest absolute Gasteiger partial charge is 0.0534 e. The van der Waals surface area contributed by atoms with Gasteiger partial charge in [0.05, 0.1) is 5.25 Å². The van der Waals surface area contributed by atoms with Crippen LogP contribution in [0, 0.1) is 0 Å². The molecule has 12 heavy (non-hydrogen) atoms. The van der Waals surface area contributed by atoms with Gasteiger partial charge in [0.15, 0.2) is 0 Å². The second kappa shape index (κ2) is 2.27. The van der Waals surface area contributed by atoms with Gasteiger partial charge in [-0.05, 0) is 17.2 Å². The van der Waals surface area contributed by atoms with Crippen molar-refractivity contribution >= 4 is 17.3 Å². The van der Waals surface area contributed by atoms with E-state index in [4.69, 9.17) is 0 Å². The lowest BCUT2D eigenvalue weighted by Crippen LogP contribution is -1.88. The van der Waals surface area contributed by atoms with Crippen LogP contribution in [0.1, 0.15) is 5.56 Å². The summed E-state index contributed by atoms with van der Waals surface area (Å²) in [5.74, 6) is 0. The summed E-state index contributed by atoms with van der Waals surface area (Å²) in [4.78, 5) is 1.43. The normalized spacial score (nSPS) is 23.7. The standard InChI is InChI=1S/C11H8S/c1-2-6-10-8(4-1)9-5-3-7-11(9)12-10/h1-7,11H. The Labute approximate surface area is 76.0 Å². The maximum Gasteiger partial charge on any atom is 0.0534 e. The summed E-state index contributed by atoms with van der Waals surface area (Å²) in [5.41, 5.74) is 2.91. The zero-order valence-electron chi connectivity index (χ0n) is 6.53. The highest BCUT2D eigenvalue weighted by atomic mass is 32.2. The molecule has 1 aliphatic heterocycles. The van der Waals surface area contributed by atoms with Crippen molar-refractivity contribution in [2.75, 3.05) is 0 Å². The van der Waals surface area contributed by atoms with E-state index < -0.39 is 0 Å². The van der Waals surface area contributed by atoms with Crippen molar-refractivity contribution in [3.63, 3.8) is 0 Å². The van der Waals surface area contributed by atoms with Crippen LogP contribution in [0.5, 0.6) is 0 Å². The van der Waals surface area contributed by atoms with E-state index in [0.717, 1.165) is 0 Å². The molecule has 0 amide bonds. The van der Waals surface area contributed by atoms with Crippen molar-refractivity contribution in [3.05, 3.63) is 48.1 Å². The van der Waals surface area contributed by atoms with E-state index in [2.05, 4.69) is 42.5 Å². The first-order chi connectivity index (χ1) is 5.95. The summed E-state index contributed by atoms with van der Waals surface area (Å²) in [6.07, 6.45) is 6.65. The molecule has 2 aliphatic rings. The first kappa shape index (κ1) is 6.55. The highest BCUT2D eigenvalue weighted by molar-refractivity contribution is 8.01. The quantitative estimate of drug-likeness (QED) is 0.579. The van der Waals surface area contributed by atoms with Crippen LogP contribution in [0.3, 0.4) is 0 Å². The number of hydrogen-bond donors (Lipinski definition) is 0. The van der Waals surface area contributed by atoms with E-state index >= 15 is 0 Å². The van der Waals surface area contributed by atoms with E-state index in [-0.39, 0.29) is 0 Å². The maximum atomic E-state index is 2.26. The molecular weight excluding hydrogens is 164 g/mol. The van der Waals surface area contributed by atoms with Crippen molar-refractivity contribution in [2.45, 2.75) is 10.1 Å². The van der Waals surface area contributed by atoms with Crippen LogP contribution in [0.2, 0.25) is 0 Å². The van der Waals surface area contributed by atoms with Crippen molar-refractivity contribution in [1.82, 2.24) is 0 Å². The Hall–Kier alpha value is -0.950. The summed E-state index contributed by atoms with van der Waals surface area (Å²) >= 11 is 1.95. The molecule has 0 aromatic heterocycles. The second-order valence-electron chi connectivity index (χ2n) is 3.04. The van der Waals surface area contributed by atoms with E-state index in [1.165, 1.54) is 16.0 Å². The molecule has 1 aliphatic carbocycles. The SMILES string of the molecule is C1=CC2Sc3ccccc3C2=C1. The fourth-order valence-electron chi connectivity index (χ4n) is 1.75. The Balaban J connectivity index is 2.23. The Kier molecular flexibility index (Phi) is 1.24. The molecular formula is C11H8S. The number of fused-ring (bicyclic) bond motifs is 3. The third-order valence-electron chi connectivity index (χ3n) is 2.32. The average molecular weight is 172 g/mol. The molecule has 0 saturated carbocycles. The summed E-state index contributed by atoms with van der Waals surface area (Å²) in [6.45, 7) is 0. The van der Waals surface area contributed by atoms with Crippen LogP contribution in [0.15, 0.2) is 47.4 Å². The van der Waals surface area contributed by atoms with Crippen molar-refractivity contribution < 1.29 is 0 Å². The molecule has 0 radical (unpaired) electrons. The topological polar surface area (TPSA) is 0 Å². The maximum absolute atomic E-state index is 2.26. The Bertz CT molecular complexity index is 388. The van der Waals surface area contributed by atoms with Crippen LogP contribution in [-0.4, -0.2) is 5.25 Å². The lowest BCUT2D eigenvalue weighted by molar-refractivity contribution is 1.42. The molecule has 58 valence electrons. The fraction of sp³-hybridized carbons (Fsp3) is 0.0909. The van der Waals surface area contributed by atoms with E-state index in [0.29, 0.717) is 5.25 Å². The largest absolute Gasteiger partial charge is 0.113 e. The molecule has 1 atom stereocenters. The minimum absolute atomic E-state index is 0.599. The molecule has 1 aromatic carbocycles. The first-order valence-electron chi connectivity index (χ1n) is 4.09. The van der Waals surface area contributed by atoms with Gasteiger partial charge in [0.25, 0.3) is 0 Å². The van der Waals surface area contributed by atoms with Crippen LogP contribution < -0.4 is 0 Å². The van der Waals surface area contributed by atoms with Crippen molar-refractivity contribution in [1.29, 1.82) is 0 Å². The van der Waals surface area contributed by atoms with Crippen LogP contribution in [0.25, 0.3) is 5.57 Å². The van der Waals surface area contributed by atoms with Gasteiger partial charge in [0.1, 0.15) is 0 Å². The van der Waals surface area contributed by atoms with Gasteiger partial charge in [0.2, 0.25) is 0 Å². The monoisotopic (exact) mass is 172 g/mol. The molecule has 0 spiro atoms. The highest BCUT2D eigenvalue weighted by Gasteiger charge is 2.26. The summed E-state index contributed by atoms with van der Waals surface area (Å²) in [6, 6.07) is 8.63. The Morgan fingerprint density at radius 2 is 2.08 bits per heavy atom. The van der Waals surface area contributed by atoms with Crippen LogP contribution in [0.4, 0.5) is 0 Å². The summed E-state index contributed by atoms with van der Waals surface area (Å²) in [7, 11) is 0. The van der Waals surface area contributed by atoms with E-state index in [9.17, 15) is 0 Å².